The normalized spacial score (nSPS) is 17.0. The third-order valence-electron chi connectivity index (χ3n) is 3.01. The molecule has 0 aromatic carbocycles. The predicted octanol–water partition coefficient (Wildman–Crippen LogP) is 1.28. The van der Waals surface area contributed by atoms with E-state index in [1.165, 1.54) is 21.7 Å². The van der Waals surface area contributed by atoms with E-state index in [4.69, 9.17) is 5.11 Å². The van der Waals surface area contributed by atoms with Gasteiger partial charge in [0, 0.05) is 30.6 Å². The first-order valence-corrected chi connectivity index (χ1v) is 8.53. The van der Waals surface area contributed by atoms with Crippen molar-refractivity contribution < 1.29 is 18.3 Å². The van der Waals surface area contributed by atoms with Gasteiger partial charge in [0.15, 0.2) is 0 Å². The maximum Gasteiger partial charge on any atom is 0.328 e. The molecule has 1 aliphatic heterocycles. The van der Waals surface area contributed by atoms with E-state index in [2.05, 4.69) is 4.72 Å². The summed E-state index contributed by atoms with van der Waals surface area (Å²) in [6.07, 6.45) is 4.30. The van der Waals surface area contributed by atoms with E-state index in [-0.39, 0.29) is 6.54 Å². The lowest BCUT2D eigenvalue weighted by Crippen LogP contribution is -2.38. The molecule has 110 valence electrons. The second-order valence-corrected chi connectivity index (χ2v) is 7.16. The molecule has 1 aliphatic rings. The molecule has 0 saturated carbocycles. The summed E-state index contributed by atoms with van der Waals surface area (Å²) < 4.78 is 28.0. The number of aliphatic carboxylic acids is 1. The van der Waals surface area contributed by atoms with Crippen LogP contribution in [-0.2, 0) is 21.5 Å². The molecule has 2 heterocycles. The summed E-state index contributed by atoms with van der Waals surface area (Å²) >= 11 is 1.39. The van der Waals surface area contributed by atoms with Crippen molar-refractivity contribution in [3.8, 4) is 0 Å². The summed E-state index contributed by atoms with van der Waals surface area (Å²) in [5.41, 5.74) is 0.724. The van der Waals surface area contributed by atoms with Crippen molar-refractivity contribution in [1.82, 2.24) is 9.03 Å². The van der Waals surface area contributed by atoms with Gasteiger partial charge in [-0.15, -0.1) is 11.3 Å². The van der Waals surface area contributed by atoms with Gasteiger partial charge in [-0.1, -0.05) is 0 Å². The Bertz CT molecular complexity index is 601. The minimum absolute atomic E-state index is 0.176. The van der Waals surface area contributed by atoms with Crippen LogP contribution in [-0.4, -0.2) is 36.9 Å². The van der Waals surface area contributed by atoms with Crippen molar-refractivity contribution >= 4 is 33.6 Å². The number of nitrogens with one attached hydrogen (secondary N) is 1. The Hall–Kier alpha value is -1.22. The second kappa shape index (κ2) is 6.49. The zero-order valence-corrected chi connectivity index (χ0v) is 12.4. The molecule has 20 heavy (non-hydrogen) atoms. The summed E-state index contributed by atoms with van der Waals surface area (Å²) in [5, 5.41) is 10.4. The number of hydrogen-bond acceptors (Lipinski definition) is 4. The fourth-order valence-corrected chi connectivity index (χ4v) is 4.13. The minimum Gasteiger partial charge on any atom is -0.478 e. The monoisotopic (exact) mass is 316 g/mol. The topological polar surface area (TPSA) is 86.7 Å². The second-order valence-electron chi connectivity index (χ2n) is 4.40. The fourth-order valence-electron chi connectivity index (χ4n) is 1.98. The average molecular weight is 316 g/mol. The largest absolute Gasteiger partial charge is 0.478 e. The van der Waals surface area contributed by atoms with Crippen molar-refractivity contribution in [1.29, 1.82) is 0 Å². The molecule has 2 N–H and O–H groups in total. The van der Waals surface area contributed by atoms with Crippen LogP contribution in [0.15, 0.2) is 17.5 Å². The van der Waals surface area contributed by atoms with Crippen LogP contribution in [0, 0.1) is 0 Å². The van der Waals surface area contributed by atoms with Crippen molar-refractivity contribution in [2.45, 2.75) is 19.4 Å². The Morgan fingerprint density at radius 2 is 2.15 bits per heavy atom. The molecule has 0 radical (unpaired) electrons. The zero-order valence-electron chi connectivity index (χ0n) is 10.8. The Balaban J connectivity index is 2.00. The molecule has 2 rings (SSSR count). The van der Waals surface area contributed by atoms with E-state index in [1.807, 2.05) is 0 Å². The smallest absolute Gasteiger partial charge is 0.328 e. The van der Waals surface area contributed by atoms with Gasteiger partial charge in [0.05, 0.1) is 0 Å². The van der Waals surface area contributed by atoms with Gasteiger partial charge in [-0.3, -0.25) is 0 Å². The van der Waals surface area contributed by atoms with Crippen LogP contribution in [0.3, 0.4) is 0 Å². The predicted molar refractivity (Wildman–Crippen MR) is 77.6 cm³/mol. The van der Waals surface area contributed by atoms with E-state index in [0.29, 0.717) is 13.1 Å². The Labute approximate surface area is 121 Å². The first kappa shape index (κ1) is 15.2. The van der Waals surface area contributed by atoms with Crippen LogP contribution in [0.2, 0.25) is 0 Å². The Morgan fingerprint density at radius 1 is 1.45 bits per heavy atom. The zero-order chi connectivity index (χ0) is 14.6. The van der Waals surface area contributed by atoms with Gasteiger partial charge in [0.2, 0.25) is 0 Å². The van der Waals surface area contributed by atoms with Gasteiger partial charge >= 0.3 is 5.97 Å². The maximum absolute atomic E-state index is 12.0. The molecule has 1 aromatic heterocycles. The van der Waals surface area contributed by atoms with Crippen LogP contribution in [0.5, 0.6) is 0 Å². The number of thiophene rings is 1. The number of carboxylic acids is 1. The highest BCUT2D eigenvalue weighted by molar-refractivity contribution is 7.87. The van der Waals surface area contributed by atoms with Crippen molar-refractivity contribution in [3.63, 3.8) is 0 Å². The van der Waals surface area contributed by atoms with Gasteiger partial charge in [-0.25, -0.2) is 4.79 Å². The van der Waals surface area contributed by atoms with E-state index < -0.39 is 16.2 Å². The third-order valence-corrected chi connectivity index (χ3v) is 5.50. The highest BCUT2D eigenvalue weighted by atomic mass is 32.2. The number of carboxylic acid groups (broad SMARTS) is 1. The Morgan fingerprint density at radius 3 is 2.80 bits per heavy atom. The van der Waals surface area contributed by atoms with Gasteiger partial charge in [0.1, 0.15) is 0 Å². The number of rotatable bonds is 6. The summed E-state index contributed by atoms with van der Waals surface area (Å²) in [7, 11) is -3.43. The van der Waals surface area contributed by atoms with Crippen LogP contribution < -0.4 is 4.72 Å². The number of hydrogen-bond donors (Lipinski definition) is 2. The van der Waals surface area contributed by atoms with Crippen molar-refractivity contribution in [2.24, 2.45) is 0 Å². The standard InChI is InChI=1S/C12H16N2O4S2/c15-12(16)4-3-10-5-8-19-11(10)9-13-20(17,18)14-6-1-2-7-14/h3-5,8,13H,1-2,6-7,9H2,(H,15,16)/b4-3+. The molecule has 0 unspecified atom stereocenters. The van der Waals surface area contributed by atoms with Crippen molar-refractivity contribution in [2.75, 3.05) is 13.1 Å². The summed E-state index contributed by atoms with van der Waals surface area (Å²) in [4.78, 5) is 11.3. The molecule has 1 saturated heterocycles. The lowest BCUT2D eigenvalue weighted by atomic mass is 10.2. The summed E-state index contributed by atoms with van der Waals surface area (Å²) in [5.74, 6) is -1.03. The van der Waals surface area contributed by atoms with Crippen LogP contribution >= 0.6 is 11.3 Å². The van der Waals surface area contributed by atoms with Gasteiger partial charge in [0.25, 0.3) is 10.2 Å². The molecular formula is C12H16N2O4S2. The quantitative estimate of drug-likeness (QED) is 0.774. The van der Waals surface area contributed by atoms with E-state index in [1.54, 1.807) is 11.4 Å². The number of nitrogens with zero attached hydrogens (tertiary/aromatic N) is 1. The maximum atomic E-state index is 12.0. The van der Waals surface area contributed by atoms with Gasteiger partial charge in [-0.05, 0) is 35.9 Å². The van der Waals surface area contributed by atoms with Crippen LogP contribution in [0.25, 0.3) is 6.08 Å². The SMILES string of the molecule is O=C(O)/C=C/c1ccsc1CNS(=O)(=O)N1CCCC1. The molecule has 0 amide bonds. The summed E-state index contributed by atoms with van der Waals surface area (Å²) in [6.45, 7) is 1.30. The molecule has 0 spiro atoms. The first-order chi connectivity index (χ1) is 9.49. The highest BCUT2D eigenvalue weighted by Crippen LogP contribution is 2.19. The van der Waals surface area contributed by atoms with Crippen LogP contribution in [0.1, 0.15) is 23.3 Å². The molecule has 1 fully saturated rings. The van der Waals surface area contributed by atoms with E-state index >= 15 is 0 Å². The molecule has 0 bridgehead atoms. The molecule has 8 heteroatoms. The molecule has 6 nitrogen and oxygen atoms in total. The third kappa shape index (κ3) is 3.89. The van der Waals surface area contributed by atoms with Gasteiger partial charge in [-0.2, -0.15) is 17.4 Å². The lowest BCUT2D eigenvalue weighted by molar-refractivity contribution is -0.131. The van der Waals surface area contributed by atoms with Crippen LogP contribution in [0.4, 0.5) is 0 Å². The van der Waals surface area contributed by atoms with E-state index in [0.717, 1.165) is 29.4 Å². The molecule has 0 atom stereocenters. The van der Waals surface area contributed by atoms with Gasteiger partial charge < -0.3 is 5.11 Å². The van der Waals surface area contributed by atoms with E-state index in [9.17, 15) is 13.2 Å². The highest BCUT2D eigenvalue weighted by Gasteiger charge is 2.24. The molecule has 0 aliphatic carbocycles. The molecular weight excluding hydrogens is 300 g/mol. The lowest BCUT2D eigenvalue weighted by Gasteiger charge is -2.15. The minimum atomic E-state index is -3.43. The first-order valence-electron chi connectivity index (χ1n) is 6.21. The fraction of sp³-hybridized carbons (Fsp3) is 0.417. The summed E-state index contributed by atoms with van der Waals surface area (Å²) in [6, 6.07) is 1.77. The Kier molecular flexibility index (Phi) is 4.92. The number of carbonyl (C=O) groups is 1. The van der Waals surface area contributed by atoms with Crippen molar-refractivity contribution in [3.05, 3.63) is 28.0 Å². The average Bonchev–Trinajstić information content (AvgIpc) is 3.05. The molecule has 1 aromatic rings.